The topological polar surface area (TPSA) is 24.9 Å². The molecule has 0 aliphatic heterocycles. The van der Waals surface area contributed by atoms with Crippen molar-refractivity contribution in [1.29, 1.82) is 0 Å². The Hall–Kier alpha value is -1.35. The van der Waals surface area contributed by atoms with Crippen molar-refractivity contribution < 1.29 is 0 Å². The quantitative estimate of drug-likeness (QED) is 0.884. The summed E-state index contributed by atoms with van der Waals surface area (Å²) in [7, 11) is 0. The molecule has 0 amide bonds. The molecule has 0 aliphatic carbocycles. The second-order valence-electron chi connectivity index (χ2n) is 4.35. The highest BCUT2D eigenvalue weighted by Crippen LogP contribution is 2.25. The number of hydrogen-bond donors (Lipinski definition) is 1. The summed E-state index contributed by atoms with van der Waals surface area (Å²) in [6, 6.07) is 10.8. The van der Waals surface area contributed by atoms with E-state index in [4.69, 9.17) is 0 Å². The van der Waals surface area contributed by atoms with Crippen LogP contribution in [0.2, 0.25) is 0 Å². The van der Waals surface area contributed by atoms with E-state index < -0.39 is 0 Å². The van der Waals surface area contributed by atoms with Crippen molar-refractivity contribution in [3.63, 3.8) is 0 Å². The minimum absolute atomic E-state index is 0.311. The second-order valence-corrected chi connectivity index (χ2v) is 5.27. The molecule has 0 saturated carbocycles. The predicted molar refractivity (Wildman–Crippen MR) is 79.8 cm³/mol. The molecular weight excluding hydrogens is 288 g/mol. The van der Waals surface area contributed by atoms with Crippen LogP contribution >= 0.6 is 15.9 Å². The average Bonchev–Trinajstić information content (AvgIpc) is 2.38. The third kappa shape index (κ3) is 3.10. The highest BCUT2D eigenvalue weighted by molar-refractivity contribution is 9.10. The fourth-order valence-corrected chi connectivity index (χ4v) is 2.36. The summed E-state index contributed by atoms with van der Waals surface area (Å²) in [4.78, 5) is 4.17. The van der Waals surface area contributed by atoms with Crippen molar-refractivity contribution in [2.75, 3.05) is 5.32 Å². The molecule has 94 valence electrons. The lowest BCUT2D eigenvalue weighted by molar-refractivity contribution is 0.747. The van der Waals surface area contributed by atoms with Gasteiger partial charge in [-0.2, -0.15) is 0 Å². The molecule has 2 rings (SSSR count). The molecule has 0 aliphatic rings. The van der Waals surface area contributed by atoms with E-state index in [0.29, 0.717) is 6.04 Å². The van der Waals surface area contributed by atoms with Crippen LogP contribution in [0.4, 0.5) is 5.69 Å². The van der Waals surface area contributed by atoms with E-state index in [0.717, 1.165) is 16.6 Å². The SMILES string of the molecule is CCC(Nc1cnccc1C)c1cccc(Br)c1. The van der Waals surface area contributed by atoms with Crippen LogP contribution in [0.25, 0.3) is 0 Å². The zero-order valence-electron chi connectivity index (χ0n) is 10.7. The molecule has 2 aromatic rings. The van der Waals surface area contributed by atoms with Crippen molar-refractivity contribution in [3.05, 3.63) is 58.3 Å². The molecule has 0 radical (unpaired) electrons. The summed E-state index contributed by atoms with van der Waals surface area (Å²) in [5.41, 5.74) is 3.61. The monoisotopic (exact) mass is 304 g/mol. The number of hydrogen-bond acceptors (Lipinski definition) is 2. The van der Waals surface area contributed by atoms with Crippen molar-refractivity contribution in [1.82, 2.24) is 4.98 Å². The normalized spacial score (nSPS) is 12.2. The summed E-state index contributed by atoms with van der Waals surface area (Å²) in [5, 5.41) is 3.56. The van der Waals surface area contributed by atoms with Crippen molar-refractivity contribution >= 4 is 21.6 Å². The Balaban J connectivity index is 2.23. The third-order valence-corrected chi connectivity index (χ3v) is 3.52. The first-order valence-corrected chi connectivity index (χ1v) is 6.92. The number of halogens is 1. The number of anilines is 1. The lowest BCUT2D eigenvalue weighted by Gasteiger charge is -2.20. The van der Waals surface area contributed by atoms with Crippen LogP contribution in [0.1, 0.15) is 30.5 Å². The summed E-state index contributed by atoms with van der Waals surface area (Å²) in [5.74, 6) is 0. The first-order chi connectivity index (χ1) is 8.70. The number of rotatable bonds is 4. The first kappa shape index (κ1) is 13.1. The zero-order valence-corrected chi connectivity index (χ0v) is 12.2. The number of nitrogens with one attached hydrogen (secondary N) is 1. The van der Waals surface area contributed by atoms with Crippen LogP contribution < -0.4 is 5.32 Å². The lowest BCUT2D eigenvalue weighted by atomic mass is 10.0. The molecule has 18 heavy (non-hydrogen) atoms. The van der Waals surface area contributed by atoms with E-state index in [1.54, 1.807) is 0 Å². The maximum Gasteiger partial charge on any atom is 0.0561 e. The van der Waals surface area contributed by atoms with Gasteiger partial charge < -0.3 is 5.32 Å². The molecule has 1 unspecified atom stereocenters. The number of nitrogens with zero attached hydrogens (tertiary/aromatic N) is 1. The van der Waals surface area contributed by atoms with Gasteiger partial charge in [0.1, 0.15) is 0 Å². The van der Waals surface area contributed by atoms with Crippen molar-refractivity contribution in [2.45, 2.75) is 26.3 Å². The van der Waals surface area contributed by atoms with E-state index in [9.17, 15) is 0 Å². The summed E-state index contributed by atoms with van der Waals surface area (Å²) < 4.78 is 1.11. The van der Waals surface area contributed by atoms with E-state index >= 15 is 0 Å². The Bertz CT molecular complexity index is 525. The van der Waals surface area contributed by atoms with E-state index in [-0.39, 0.29) is 0 Å². The molecule has 1 aromatic carbocycles. The molecule has 1 aromatic heterocycles. The maximum absolute atomic E-state index is 4.17. The fourth-order valence-electron chi connectivity index (χ4n) is 1.95. The first-order valence-electron chi connectivity index (χ1n) is 6.13. The van der Waals surface area contributed by atoms with Gasteiger partial charge in [-0.25, -0.2) is 0 Å². The van der Waals surface area contributed by atoms with Gasteiger partial charge in [-0.15, -0.1) is 0 Å². The Kier molecular flexibility index (Phi) is 4.37. The summed E-state index contributed by atoms with van der Waals surface area (Å²) in [6.07, 6.45) is 4.74. The number of aromatic nitrogens is 1. The van der Waals surface area contributed by atoms with Crippen LogP contribution in [-0.2, 0) is 0 Å². The Morgan fingerprint density at radius 3 is 2.83 bits per heavy atom. The summed E-state index contributed by atoms with van der Waals surface area (Å²) in [6.45, 7) is 4.28. The van der Waals surface area contributed by atoms with Crippen LogP contribution in [0.15, 0.2) is 47.2 Å². The second kappa shape index (κ2) is 6.01. The molecule has 1 heterocycles. The van der Waals surface area contributed by atoms with Gasteiger partial charge in [0.25, 0.3) is 0 Å². The molecule has 1 atom stereocenters. The van der Waals surface area contributed by atoms with Gasteiger partial charge in [-0.05, 0) is 42.7 Å². The van der Waals surface area contributed by atoms with Crippen LogP contribution in [0, 0.1) is 6.92 Å². The largest absolute Gasteiger partial charge is 0.377 e. The van der Waals surface area contributed by atoms with Crippen LogP contribution in [0.3, 0.4) is 0 Å². The number of pyridine rings is 1. The predicted octanol–water partition coefficient (Wildman–Crippen LogP) is 4.72. The molecule has 1 N–H and O–H groups in total. The van der Waals surface area contributed by atoms with Crippen LogP contribution in [-0.4, -0.2) is 4.98 Å². The molecular formula is C15H17BrN2. The van der Waals surface area contributed by atoms with Gasteiger partial charge in [0.2, 0.25) is 0 Å². The minimum atomic E-state index is 0.311. The van der Waals surface area contributed by atoms with E-state index in [1.807, 2.05) is 24.5 Å². The van der Waals surface area contributed by atoms with Crippen molar-refractivity contribution in [3.8, 4) is 0 Å². The zero-order chi connectivity index (χ0) is 13.0. The molecule has 0 saturated heterocycles. The highest BCUT2D eigenvalue weighted by Gasteiger charge is 2.10. The smallest absolute Gasteiger partial charge is 0.0561 e. The Labute approximate surface area is 117 Å². The maximum atomic E-state index is 4.17. The van der Waals surface area contributed by atoms with Gasteiger partial charge in [-0.3, -0.25) is 4.98 Å². The third-order valence-electron chi connectivity index (χ3n) is 3.03. The number of benzene rings is 1. The van der Waals surface area contributed by atoms with Gasteiger partial charge in [0, 0.05) is 10.7 Å². The van der Waals surface area contributed by atoms with Gasteiger partial charge in [0.15, 0.2) is 0 Å². The molecule has 0 fully saturated rings. The molecule has 0 spiro atoms. The Morgan fingerprint density at radius 2 is 2.17 bits per heavy atom. The van der Waals surface area contributed by atoms with Crippen molar-refractivity contribution in [2.24, 2.45) is 0 Å². The standard InChI is InChI=1S/C15H17BrN2/c1-3-14(12-5-4-6-13(16)9-12)18-15-10-17-8-7-11(15)2/h4-10,14,18H,3H2,1-2H3. The molecule has 2 nitrogen and oxygen atoms in total. The number of aryl methyl sites for hydroxylation is 1. The van der Waals surface area contributed by atoms with E-state index in [1.165, 1.54) is 11.1 Å². The molecule has 3 heteroatoms. The minimum Gasteiger partial charge on any atom is -0.377 e. The van der Waals surface area contributed by atoms with Gasteiger partial charge in [-0.1, -0.05) is 35.0 Å². The van der Waals surface area contributed by atoms with Gasteiger partial charge in [0.05, 0.1) is 17.9 Å². The average molecular weight is 305 g/mol. The van der Waals surface area contributed by atoms with Gasteiger partial charge >= 0.3 is 0 Å². The fraction of sp³-hybridized carbons (Fsp3) is 0.267. The Morgan fingerprint density at radius 1 is 1.33 bits per heavy atom. The highest BCUT2D eigenvalue weighted by atomic mass is 79.9. The van der Waals surface area contributed by atoms with Crippen LogP contribution in [0.5, 0.6) is 0 Å². The van der Waals surface area contributed by atoms with E-state index in [2.05, 4.69) is 58.3 Å². The lowest BCUT2D eigenvalue weighted by Crippen LogP contribution is -2.10. The summed E-state index contributed by atoms with van der Waals surface area (Å²) >= 11 is 3.52. The molecule has 0 bridgehead atoms.